The average Bonchev–Trinajstić information content (AvgIpc) is 3.23. The number of methoxy groups -OCH3 is 1. The van der Waals surface area contributed by atoms with Gasteiger partial charge in [0.1, 0.15) is 18.2 Å². The minimum absolute atomic E-state index is 0. The van der Waals surface area contributed by atoms with Crippen molar-refractivity contribution in [3.05, 3.63) is 42.1 Å². The zero-order chi connectivity index (χ0) is 20.3. The number of nitrogens with two attached hydrogens (primary N) is 1. The highest BCUT2D eigenvalue weighted by atomic mass is 35.5. The standard InChI is InChI=1S/C20H24N4O4.ClH/c1-24-16(7-8-17(24)19(21)22)12-3-5-15(6-4-12)28-11-14-9-13(20(26)23-14)10-18(25)27-2;/h3-8,13-14H,9-11H2,1-2H3,(H3,21,22)(H,23,26);1H/t13-,14-;/m0./s1. The molecule has 2 aromatic rings. The van der Waals surface area contributed by atoms with Crippen LogP contribution >= 0.6 is 12.4 Å². The molecule has 4 N–H and O–H groups in total. The lowest BCUT2D eigenvalue weighted by Crippen LogP contribution is -2.31. The SMILES string of the molecule is COC(=O)C[C@@H]1C[C@@H](COc2ccc(-c3ccc(C(=N)N)n3C)cc2)NC1=O.Cl. The Kier molecular flexibility index (Phi) is 7.28. The topological polar surface area (TPSA) is 119 Å². The Bertz CT molecular complexity index is 894. The van der Waals surface area contributed by atoms with E-state index in [1.54, 1.807) is 0 Å². The molecule has 8 nitrogen and oxygen atoms in total. The van der Waals surface area contributed by atoms with Gasteiger partial charge in [-0.15, -0.1) is 12.4 Å². The van der Waals surface area contributed by atoms with Crippen LogP contribution in [0.1, 0.15) is 18.5 Å². The predicted octanol–water partition coefficient (Wildman–Crippen LogP) is 1.84. The van der Waals surface area contributed by atoms with Crippen molar-refractivity contribution in [2.75, 3.05) is 13.7 Å². The fourth-order valence-corrected chi connectivity index (χ4v) is 3.39. The van der Waals surface area contributed by atoms with Crippen LogP contribution in [0.15, 0.2) is 36.4 Å². The lowest BCUT2D eigenvalue weighted by atomic mass is 10.0. The molecule has 2 heterocycles. The van der Waals surface area contributed by atoms with Crippen molar-refractivity contribution in [1.29, 1.82) is 5.41 Å². The first-order valence-corrected chi connectivity index (χ1v) is 8.99. The monoisotopic (exact) mass is 420 g/mol. The van der Waals surface area contributed by atoms with Crippen LogP contribution in [0.2, 0.25) is 0 Å². The molecule has 29 heavy (non-hydrogen) atoms. The maximum Gasteiger partial charge on any atom is 0.306 e. The van der Waals surface area contributed by atoms with Gasteiger partial charge in [0, 0.05) is 12.7 Å². The van der Waals surface area contributed by atoms with Gasteiger partial charge in [0.05, 0.1) is 31.2 Å². The van der Waals surface area contributed by atoms with E-state index < -0.39 is 0 Å². The van der Waals surface area contributed by atoms with E-state index in [-0.39, 0.29) is 48.5 Å². The van der Waals surface area contributed by atoms with Crippen molar-refractivity contribution in [1.82, 2.24) is 9.88 Å². The van der Waals surface area contributed by atoms with Crippen LogP contribution in [-0.2, 0) is 21.4 Å². The third-order valence-electron chi connectivity index (χ3n) is 4.93. The molecule has 2 atom stereocenters. The number of nitrogens with zero attached hydrogens (tertiary/aromatic N) is 1. The fraction of sp³-hybridized carbons (Fsp3) is 0.350. The van der Waals surface area contributed by atoms with Crippen molar-refractivity contribution in [3.63, 3.8) is 0 Å². The number of aromatic nitrogens is 1. The van der Waals surface area contributed by atoms with E-state index in [9.17, 15) is 9.59 Å². The minimum Gasteiger partial charge on any atom is -0.491 e. The quantitative estimate of drug-likeness (QED) is 0.358. The average molecular weight is 421 g/mol. The number of nitrogens with one attached hydrogen (secondary N) is 2. The second-order valence-electron chi connectivity index (χ2n) is 6.83. The molecule has 0 spiro atoms. The van der Waals surface area contributed by atoms with E-state index in [0.29, 0.717) is 24.5 Å². The van der Waals surface area contributed by atoms with Gasteiger partial charge < -0.3 is 25.1 Å². The Morgan fingerprint density at radius 3 is 2.55 bits per heavy atom. The summed E-state index contributed by atoms with van der Waals surface area (Å²) in [6, 6.07) is 11.2. The van der Waals surface area contributed by atoms with Crippen molar-refractivity contribution >= 4 is 30.1 Å². The van der Waals surface area contributed by atoms with Crippen molar-refractivity contribution < 1.29 is 19.1 Å². The Balaban J connectivity index is 0.00000300. The van der Waals surface area contributed by atoms with Gasteiger partial charge in [0.15, 0.2) is 0 Å². The van der Waals surface area contributed by atoms with Gasteiger partial charge >= 0.3 is 5.97 Å². The summed E-state index contributed by atoms with van der Waals surface area (Å²) in [6.45, 7) is 0.335. The second kappa shape index (κ2) is 9.47. The summed E-state index contributed by atoms with van der Waals surface area (Å²) in [5.41, 5.74) is 8.16. The first kappa shape index (κ1) is 22.3. The highest BCUT2D eigenvalue weighted by Gasteiger charge is 2.34. The molecule has 0 radical (unpaired) electrons. The number of halogens is 1. The summed E-state index contributed by atoms with van der Waals surface area (Å²) in [7, 11) is 3.18. The first-order chi connectivity index (χ1) is 13.4. The summed E-state index contributed by atoms with van der Waals surface area (Å²) in [5.74, 6) is -0.172. The molecule has 0 bridgehead atoms. The molecule has 1 aromatic heterocycles. The molecule has 1 aliphatic rings. The van der Waals surface area contributed by atoms with Gasteiger partial charge in [-0.25, -0.2) is 0 Å². The Morgan fingerprint density at radius 1 is 1.28 bits per heavy atom. The zero-order valence-electron chi connectivity index (χ0n) is 16.3. The maximum atomic E-state index is 11.9. The zero-order valence-corrected chi connectivity index (χ0v) is 17.1. The lowest BCUT2D eigenvalue weighted by Gasteiger charge is -2.13. The number of nitrogen functional groups attached to an aromatic ring is 1. The molecule has 156 valence electrons. The van der Waals surface area contributed by atoms with Crippen LogP contribution in [0.25, 0.3) is 11.3 Å². The predicted molar refractivity (Wildman–Crippen MR) is 111 cm³/mol. The molecule has 0 aliphatic carbocycles. The fourth-order valence-electron chi connectivity index (χ4n) is 3.39. The largest absolute Gasteiger partial charge is 0.491 e. The van der Waals surface area contributed by atoms with Crippen LogP contribution in [0.3, 0.4) is 0 Å². The van der Waals surface area contributed by atoms with E-state index in [1.807, 2.05) is 48.0 Å². The van der Waals surface area contributed by atoms with E-state index in [4.69, 9.17) is 15.9 Å². The summed E-state index contributed by atoms with van der Waals surface area (Å²) in [4.78, 5) is 23.3. The molecule has 1 saturated heterocycles. The van der Waals surface area contributed by atoms with Gasteiger partial charge in [-0.1, -0.05) is 0 Å². The normalized spacial score (nSPS) is 17.9. The molecule has 1 aromatic carbocycles. The third kappa shape index (κ3) is 5.08. The van der Waals surface area contributed by atoms with Gasteiger partial charge in [0.25, 0.3) is 0 Å². The molecule has 1 fully saturated rings. The number of carbonyl (C=O) groups excluding carboxylic acids is 2. The number of amidine groups is 1. The van der Waals surface area contributed by atoms with E-state index in [2.05, 4.69) is 10.1 Å². The number of ether oxygens (including phenoxy) is 2. The number of benzene rings is 1. The van der Waals surface area contributed by atoms with Gasteiger partial charge in [0.2, 0.25) is 5.91 Å². The summed E-state index contributed by atoms with van der Waals surface area (Å²) in [6.07, 6.45) is 0.635. The molecule has 0 saturated carbocycles. The number of hydrogen-bond donors (Lipinski definition) is 3. The number of rotatable bonds is 7. The van der Waals surface area contributed by atoms with Crippen molar-refractivity contribution in [3.8, 4) is 17.0 Å². The Hall–Kier alpha value is -3.00. The van der Waals surface area contributed by atoms with Crippen LogP contribution in [0.5, 0.6) is 5.75 Å². The molecule has 1 amide bonds. The Morgan fingerprint density at radius 2 is 1.97 bits per heavy atom. The number of esters is 1. The van der Waals surface area contributed by atoms with E-state index in [1.165, 1.54) is 7.11 Å². The molecular weight excluding hydrogens is 396 g/mol. The van der Waals surface area contributed by atoms with Gasteiger partial charge in [-0.2, -0.15) is 0 Å². The summed E-state index contributed by atoms with van der Waals surface area (Å²) < 4.78 is 12.3. The van der Waals surface area contributed by atoms with E-state index >= 15 is 0 Å². The number of carbonyl (C=O) groups is 2. The van der Waals surface area contributed by atoms with Gasteiger partial charge in [-0.05, 0) is 48.4 Å². The smallest absolute Gasteiger partial charge is 0.306 e. The maximum absolute atomic E-state index is 11.9. The highest BCUT2D eigenvalue weighted by Crippen LogP contribution is 2.25. The molecular formula is C20H25ClN4O4. The molecule has 1 aliphatic heterocycles. The highest BCUT2D eigenvalue weighted by molar-refractivity contribution is 5.94. The van der Waals surface area contributed by atoms with Crippen molar-refractivity contribution in [2.24, 2.45) is 18.7 Å². The van der Waals surface area contributed by atoms with Crippen LogP contribution < -0.4 is 15.8 Å². The molecule has 3 rings (SSSR count). The first-order valence-electron chi connectivity index (χ1n) is 8.99. The van der Waals surface area contributed by atoms with E-state index in [0.717, 1.165) is 11.3 Å². The van der Waals surface area contributed by atoms with Crippen molar-refractivity contribution in [2.45, 2.75) is 18.9 Å². The summed E-state index contributed by atoms with van der Waals surface area (Å²) >= 11 is 0. The van der Waals surface area contributed by atoms with Crippen LogP contribution in [0, 0.1) is 11.3 Å². The number of amides is 1. The minimum atomic E-state index is -0.383. The molecule has 0 unspecified atom stereocenters. The number of hydrogen-bond acceptors (Lipinski definition) is 5. The Labute approximate surface area is 175 Å². The van der Waals surface area contributed by atoms with Gasteiger partial charge in [-0.3, -0.25) is 15.0 Å². The lowest BCUT2D eigenvalue weighted by molar-refractivity contribution is -0.143. The third-order valence-corrected chi connectivity index (χ3v) is 4.93. The summed E-state index contributed by atoms with van der Waals surface area (Å²) in [5, 5.41) is 10.4. The molecule has 9 heteroatoms. The van der Waals surface area contributed by atoms with Crippen LogP contribution in [0.4, 0.5) is 0 Å². The second-order valence-corrected chi connectivity index (χ2v) is 6.83. The van der Waals surface area contributed by atoms with Crippen LogP contribution in [-0.4, -0.2) is 42.0 Å².